The Hall–Kier alpha value is -4.03. The van der Waals surface area contributed by atoms with Crippen LogP contribution in [0.1, 0.15) is 28.9 Å². The molecule has 0 atom stereocenters. The van der Waals surface area contributed by atoms with Crippen LogP contribution in [0.4, 0.5) is 21.8 Å². The molecule has 12 nitrogen and oxygen atoms in total. The number of carboxylic acid groups (broad SMARTS) is 1. The average molecular weight is 407 g/mol. The first kappa shape index (κ1) is 21.3. The molecule has 2 rings (SSSR count). The third-order valence-corrected chi connectivity index (χ3v) is 3.60. The van der Waals surface area contributed by atoms with Crippen molar-refractivity contribution in [3.63, 3.8) is 0 Å². The van der Waals surface area contributed by atoms with E-state index in [1.165, 1.54) is 0 Å². The maximum Gasteiger partial charge on any atom is 0.303 e. The molecule has 13 heteroatoms. The van der Waals surface area contributed by atoms with Crippen molar-refractivity contribution in [2.75, 3.05) is 23.3 Å². The van der Waals surface area contributed by atoms with Crippen molar-refractivity contribution < 1.29 is 23.9 Å². The Labute approximate surface area is 162 Å². The van der Waals surface area contributed by atoms with E-state index in [0.29, 0.717) is 0 Å². The second kappa shape index (κ2) is 9.25. The summed E-state index contributed by atoms with van der Waals surface area (Å²) >= 11 is 0. The number of aromatic amines is 1. The number of halogens is 1. The number of nitrogen functional groups attached to an aromatic ring is 2. The van der Waals surface area contributed by atoms with Crippen LogP contribution in [-0.4, -0.2) is 44.4 Å². The van der Waals surface area contributed by atoms with Gasteiger partial charge in [0.1, 0.15) is 5.82 Å². The van der Waals surface area contributed by atoms with E-state index in [2.05, 4.69) is 25.6 Å². The molecule has 0 unspecified atom stereocenters. The van der Waals surface area contributed by atoms with Crippen LogP contribution >= 0.6 is 0 Å². The Balaban J connectivity index is 1.99. The Morgan fingerprint density at radius 3 is 2.62 bits per heavy atom. The molecule has 0 aliphatic rings. The lowest BCUT2D eigenvalue weighted by Crippen LogP contribution is -2.27. The molecular formula is C16H18FN7O5. The van der Waals surface area contributed by atoms with E-state index in [-0.39, 0.29) is 42.4 Å². The van der Waals surface area contributed by atoms with Crippen molar-refractivity contribution in [3.8, 4) is 0 Å². The summed E-state index contributed by atoms with van der Waals surface area (Å²) in [4.78, 5) is 55.7. The first-order valence-corrected chi connectivity index (χ1v) is 8.27. The predicted octanol–water partition coefficient (Wildman–Crippen LogP) is -0.756. The second-order valence-electron chi connectivity index (χ2n) is 5.85. The number of carboxylic acids is 1. The van der Waals surface area contributed by atoms with Gasteiger partial charge in [-0.15, -0.1) is 0 Å². The zero-order valence-electron chi connectivity index (χ0n) is 15.0. The first-order valence-electron chi connectivity index (χ1n) is 8.27. The molecule has 2 aromatic rings. The lowest BCUT2D eigenvalue weighted by molar-refractivity contribution is -0.137. The SMILES string of the molecule is Nc1nc(N)c(CC(=O)Nc2cnc(C(=O)NCCCC(=O)O)c(F)c2)c(=O)[nH]1. The number of aliphatic carboxylic acids is 1. The Morgan fingerprint density at radius 2 is 2.00 bits per heavy atom. The molecule has 0 aliphatic heterocycles. The zero-order chi connectivity index (χ0) is 21.6. The van der Waals surface area contributed by atoms with Gasteiger partial charge in [0, 0.05) is 19.0 Å². The molecule has 0 radical (unpaired) electrons. The van der Waals surface area contributed by atoms with E-state index >= 15 is 0 Å². The summed E-state index contributed by atoms with van der Waals surface area (Å²) in [6.07, 6.45) is 0.654. The fourth-order valence-corrected chi connectivity index (χ4v) is 2.27. The number of pyridine rings is 1. The molecule has 0 aromatic carbocycles. The number of carbonyl (C=O) groups is 3. The van der Waals surface area contributed by atoms with Crippen molar-refractivity contribution in [2.24, 2.45) is 0 Å². The van der Waals surface area contributed by atoms with Crippen LogP contribution in [0.15, 0.2) is 17.1 Å². The highest BCUT2D eigenvalue weighted by molar-refractivity contribution is 5.95. The number of carbonyl (C=O) groups excluding carboxylic acids is 2. The normalized spacial score (nSPS) is 10.4. The minimum absolute atomic E-state index is 0.0380. The smallest absolute Gasteiger partial charge is 0.303 e. The van der Waals surface area contributed by atoms with E-state index in [9.17, 15) is 23.6 Å². The number of nitrogens with zero attached hydrogens (tertiary/aromatic N) is 2. The van der Waals surface area contributed by atoms with Crippen molar-refractivity contribution in [3.05, 3.63) is 39.7 Å². The van der Waals surface area contributed by atoms with Crippen LogP contribution in [0, 0.1) is 5.82 Å². The van der Waals surface area contributed by atoms with Crippen LogP contribution in [0.25, 0.3) is 0 Å². The van der Waals surface area contributed by atoms with Crippen molar-refractivity contribution in [1.29, 1.82) is 0 Å². The maximum atomic E-state index is 14.1. The summed E-state index contributed by atoms with van der Waals surface area (Å²) < 4.78 is 14.1. The van der Waals surface area contributed by atoms with Gasteiger partial charge < -0.3 is 27.2 Å². The number of aromatic nitrogens is 3. The summed E-state index contributed by atoms with van der Waals surface area (Å²) in [6, 6.07) is 0.881. The topological polar surface area (TPSA) is 206 Å². The zero-order valence-corrected chi connectivity index (χ0v) is 15.0. The molecule has 2 aromatic heterocycles. The fraction of sp³-hybridized carbons (Fsp3) is 0.250. The highest BCUT2D eigenvalue weighted by atomic mass is 19.1. The summed E-state index contributed by atoms with van der Waals surface area (Å²) in [5.41, 5.74) is 9.56. The monoisotopic (exact) mass is 407 g/mol. The van der Waals surface area contributed by atoms with Crippen molar-refractivity contribution in [2.45, 2.75) is 19.3 Å². The lowest BCUT2D eigenvalue weighted by Gasteiger charge is -2.08. The van der Waals surface area contributed by atoms with Gasteiger partial charge in [0.05, 0.1) is 23.9 Å². The summed E-state index contributed by atoms with van der Waals surface area (Å²) in [5.74, 6) is -3.92. The number of rotatable bonds is 8. The number of amides is 2. The molecule has 154 valence electrons. The van der Waals surface area contributed by atoms with Gasteiger partial charge in [-0.25, -0.2) is 9.37 Å². The van der Waals surface area contributed by atoms with Gasteiger partial charge in [0.25, 0.3) is 11.5 Å². The molecule has 0 bridgehead atoms. The van der Waals surface area contributed by atoms with E-state index in [0.717, 1.165) is 12.3 Å². The van der Waals surface area contributed by atoms with Gasteiger partial charge in [-0.3, -0.25) is 24.2 Å². The summed E-state index contributed by atoms with van der Waals surface area (Å²) in [7, 11) is 0. The fourth-order valence-electron chi connectivity index (χ4n) is 2.27. The number of H-pyrrole nitrogens is 1. The molecule has 2 amide bonds. The van der Waals surface area contributed by atoms with Crippen molar-refractivity contribution in [1.82, 2.24) is 20.3 Å². The molecule has 0 fully saturated rings. The molecule has 0 saturated heterocycles. The Kier molecular flexibility index (Phi) is 6.79. The number of anilines is 3. The van der Waals surface area contributed by atoms with Crippen LogP contribution in [-0.2, 0) is 16.0 Å². The second-order valence-corrected chi connectivity index (χ2v) is 5.85. The third kappa shape index (κ3) is 5.98. The molecule has 29 heavy (non-hydrogen) atoms. The molecule has 0 saturated carbocycles. The summed E-state index contributed by atoms with van der Waals surface area (Å²) in [6.45, 7) is 0.0380. The maximum absolute atomic E-state index is 14.1. The first-order chi connectivity index (χ1) is 13.7. The van der Waals surface area contributed by atoms with Gasteiger partial charge >= 0.3 is 5.97 Å². The molecule has 2 heterocycles. The van der Waals surface area contributed by atoms with E-state index in [1.807, 2.05) is 0 Å². The van der Waals surface area contributed by atoms with Crippen molar-refractivity contribution >= 4 is 35.2 Å². The van der Waals surface area contributed by atoms with E-state index < -0.39 is 41.3 Å². The van der Waals surface area contributed by atoms with Gasteiger partial charge in [-0.05, 0) is 6.42 Å². The Bertz CT molecular complexity index is 1010. The number of nitrogens with one attached hydrogen (secondary N) is 3. The minimum Gasteiger partial charge on any atom is -0.481 e. The van der Waals surface area contributed by atoms with E-state index in [4.69, 9.17) is 16.6 Å². The largest absolute Gasteiger partial charge is 0.481 e. The van der Waals surface area contributed by atoms with Crippen LogP contribution in [0.2, 0.25) is 0 Å². The molecule has 0 aliphatic carbocycles. The van der Waals surface area contributed by atoms with Gasteiger partial charge in [0.15, 0.2) is 11.5 Å². The number of nitrogens with two attached hydrogens (primary N) is 2. The quantitative estimate of drug-likeness (QED) is 0.304. The molecular weight excluding hydrogens is 389 g/mol. The molecule has 0 spiro atoms. The standard InChI is InChI=1S/C16H18FN7O5/c17-9-4-7(6-21-12(9)15(29)20-3-1-2-11(26)27)22-10(25)5-8-13(18)23-16(19)24-14(8)28/h4,6H,1-3,5H2,(H,20,29)(H,22,25)(H,26,27)(H5,18,19,23,24,28). The summed E-state index contributed by atoms with van der Waals surface area (Å²) in [5, 5.41) is 13.2. The van der Waals surface area contributed by atoms with Crippen LogP contribution in [0.3, 0.4) is 0 Å². The predicted molar refractivity (Wildman–Crippen MR) is 99.4 cm³/mol. The highest BCUT2D eigenvalue weighted by Gasteiger charge is 2.16. The molecule has 8 N–H and O–H groups in total. The van der Waals surface area contributed by atoms with E-state index in [1.54, 1.807) is 0 Å². The minimum atomic E-state index is -1.01. The van der Waals surface area contributed by atoms with Crippen LogP contribution < -0.4 is 27.7 Å². The number of hydrogen-bond acceptors (Lipinski definition) is 8. The Morgan fingerprint density at radius 1 is 1.28 bits per heavy atom. The lowest BCUT2D eigenvalue weighted by atomic mass is 10.2. The third-order valence-electron chi connectivity index (χ3n) is 3.60. The van der Waals surface area contributed by atoms with Gasteiger partial charge in [-0.2, -0.15) is 4.98 Å². The van der Waals surface area contributed by atoms with Gasteiger partial charge in [-0.1, -0.05) is 0 Å². The highest BCUT2D eigenvalue weighted by Crippen LogP contribution is 2.13. The van der Waals surface area contributed by atoms with Crippen LogP contribution in [0.5, 0.6) is 0 Å². The average Bonchev–Trinajstić information content (AvgIpc) is 2.61. The number of hydrogen-bond donors (Lipinski definition) is 6. The van der Waals surface area contributed by atoms with Gasteiger partial charge in [0.2, 0.25) is 11.9 Å².